The highest BCUT2D eigenvalue weighted by atomic mass is 16.4. The van der Waals surface area contributed by atoms with Gasteiger partial charge in [-0.15, -0.1) is 0 Å². The molecule has 0 aliphatic rings. The summed E-state index contributed by atoms with van der Waals surface area (Å²) in [5.74, 6) is -0.987. The number of benzene rings is 1. The number of nitrogens with one attached hydrogen (secondary N) is 1. The van der Waals surface area contributed by atoms with Crippen LogP contribution in [-0.4, -0.2) is 26.6 Å². The van der Waals surface area contributed by atoms with Crippen LogP contribution in [0.5, 0.6) is 0 Å². The predicted octanol–water partition coefficient (Wildman–Crippen LogP) is 2.26. The van der Waals surface area contributed by atoms with Crippen molar-refractivity contribution in [2.75, 3.05) is 5.43 Å². The summed E-state index contributed by atoms with van der Waals surface area (Å²) >= 11 is 0. The molecule has 0 atom stereocenters. The van der Waals surface area contributed by atoms with Gasteiger partial charge in [-0.25, -0.2) is 4.79 Å². The second-order valence-corrected chi connectivity index (χ2v) is 4.46. The van der Waals surface area contributed by atoms with Gasteiger partial charge in [0.2, 0.25) is 0 Å². The average molecular weight is 272 g/mol. The second kappa shape index (κ2) is 5.56. The number of carbonyl (C=O) groups is 1. The lowest BCUT2D eigenvalue weighted by Crippen LogP contribution is -2.05. The van der Waals surface area contributed by atoms with Gasteiger partial charge < -0.3 is 5.11 Å². The quantitative estimate of drug-likeness (QED) is 0.661. The third kappa shape index (κ3) is 2.85. The van der Waals surface area contributed by atoms with Crippen molar-refractivity contribution in [2.45, 2.75) is 13.8 Å². The molecule has 104 valence electrons. The second-order valence-electron chi connectivity index (χ2n) is 4.46. The number of carboxylic acid groups (broad SMARTS) is 1. The molecule has 0 unspecified atom stereocenters. The highest BCUT2D eigenvalue weighted by Gasteiger charge is 2.09. The highest BCUT2D eigenvalue weighted by Crippen LogP contribution is 2.15. The van der Waals surface area contributed by atoms with Gasteiger partial charge >= 0.3 is 5.97 Å². The maximum Gasteiger partial charge on any atom is 0.337 e. The monoisotopic (exact) mass is 272 g/mol. The van der Waals surface area contributed by atoms with Crippen LogP contribution in [0.1, 0.15) is 28.5 Å². The lowest BCUT2D eigenvalue weighted by atomic mass is 10.2. The SMILES string of the molecule is C/C(=N/Nc1ccccc1C(=O)O)c1cn(C)nc1C. The number of aryl methyl sites for hydroxylation is 2. The fourth-order valence-corrected chi connectivity index (χ4v) is 1.93. The van der Waals surface area contributed by atoms with E-state index in [0.29, 0.717) is 5.69 Å². The van der Waals surface area contributed by atoms with Crippen LogP contribution in [0.3, 0.4) is 0 Å². The number of para-hydroxylation sites is 1. The summed E-state index contributed by atoms with van der Waals surface area (Å²) in [5, 5.41) is 17.6. The fourth-order valence-electron chi connectivity index (χ4n) is 1.93. The maximum absolute atomic E-state index is 11.1. The normalized spacial score (nSPS) is 11.4. The van der Waals surface area contributed by atoms with Crippen LogP contribution in [0.4, 0.5) is 5.69 Å². The van der Waals surface area contributed by atoms with Crippen LogP contribution in [0.2, 0.25) is 0 Å². The molecule has 0 saturated heterocycles. The van der Waals surface area contributed by atoms with E-state index in [1.54, 1.807) is 22.9 Å². The van der Waals surface area contributed by atoms with E-state index in [1.165, 1.54) is 6.07 Å². The van der Waals surface area contributed by atoms with Crippen molar-refractivity contribution >= 4 is 17.4 Å². The van der Waals surface area contributed by atoms with E-state index in [-0.39, 0.29) is 5.56 Å². The summed E-state index contributed by atoms with van der Waals surface area (Å²) in [6, 6.07) is 6.65. The lowest BCUT2D eigenvalue weighted by molar-refractivity contribution is 0.0698. The van der Waals surface area contributed by atoms with Gasteiger partial charge in [-0.2, -0.15) is 10.2 Å². The van der Waals surface area contributed by atoms with E-state index in [9.17, 15) is 4.79 Å². The van der Waals surface area contributed by atoms with E-state index in [2.05, 4.69) is 15.6 Å². The molecule has 0 aliphatic heterocycles. The molecule has 0 fully saturated rings. The number of rotatable bonds is 4. The van der Waals surface area contributed by atoms with Crippen molar-refractivity contribution in [2.24, 2.45) is 12.1 Å². The van der Waals surface area contributed by atoms with Gasteiger partial charge in [-0.1, -0.05) is 12.1 Å². The summed E-state index contributed by atoms with van der Waals surface area (Å²) in [6.45, 7) is 3.75. The molecule has 0 radical (unpaired) electrons. The largest absolute Gasteiger partial charge is 0.478 e. The van der Waals surface area contributed by atoms with E-state index in [1.807, 2.05) is 27.1 Å². The van der Waals surface area contributed by atoms with E-state index in [0.717, 1.165) is 17.0 Å². The molecule has 0 aliphatic carbocycles. The molecule has 0 amide bonds. The molecule has 20 heavy (non-hydrogen) atoms. The number of aromatic carboxylic acids is 1. The maximum atomic E-state index is 11.1. The Kier molecular flexibility index (Phi) is 3.84. The topological polar surface area (TPSA) is 79.5 Å². The number of aromatic nitrogens is 2. The van der Waals surface area contributed by atoms with Crippen molar-refractivity contribution in [3.05, 3.63) is 47.3 Å². The molecule has 0 spiro atoms. The third-order valence-electron chi connectivity index (χ3n) is 2.90. The standard InChI is InChI=1S/C14H16N4O2/c1-9(12-8-18(3)17-10(12)2)15-16-13-7-5-4-6-11(13)14(19)20/h4-8,16H,1-3H3,(H,19,20)/b15-9-. The number of carboxylic acids is 1. The van der Waals surface area contributed by atoms with Gasteiger partial charge in [0, 0.05) is 18.8 Å². The minimum atomic E-state index is -0.987. The molecule has 1 aromatic heterocycles. The first-order chi connectivity index (χ1) is 9.49. The molecular formula is C14H16N4O2. The molecule has 2 N–H and O–H groups in total. The first-order valence-electron chi connectivity index (χ1n) is 6.12. The third-order valence-corrected chi connectivity index (χ3v) is 2.90. The van der Waals surface area contributed by atoms with Crippen molar-refractivity contribution < 1.29 is 9.90 Å². The Balaban J connectivity index is 2.25. The first-order valence-corrected chi connectivity index (χ1v) is 6.12. The van der Waals surface area contributed by atoms with Crippen molar-refractivity contribution in [1.29, 1.82) is 0 Å². The van der Waals surface area contributed by atoms with Gasteiger partial charge in [0.05, 0.1) is 22.7 Å². The molecule has 0 bridgehead atoms. The van der Waals surface area contributed by atoms with Gasteiger partial charge in [0.15, 0.2) is 0 Å². The highest BCUT2D eigenvalue weighted by molar-refractivity contribution is 6.00. The molecule has 6 nitrogen and oxygen atoms in total. The first kappa shape index (κ1) is 13.8. The molecular weight excluding hydrogens is 256 g/mol. The zero-order chi connectivity index (χ0) is 14.7. The molecule has 2 aromatic rings. The van der Waals surface area contributed by atoms with Crippen LogP contribution in [-0.2, 0) is 7.05 Å². The number of hydrazone groups is 1. The van der Waals surface area contributed by atoms with Gasteiger partial charge in [0.1, 0.15) is 0 Å². The lowest BCUT2D eigenvalue weighted by Gasteiger charge is -2.06. The average Bonchev–Trinajstić information content (AvgIpc) is 2.75. The minimum absolute atomic E-state index is 0.187. The van der Waals surface area contributed by atoms with Crippen LogP contribution >= 0.6 is 0 Å². The molecule has 0 saturated carbocycles. The summed E-state index contributed by atoms with van der Waals surface area (Å²) < 4.78 is 1.72. The van der Waals surface area contributed by atoms with Crippen molar-refractivity contribution in [3.63, 3.8) is 0 Å². The van der Waals surface area contributed by atoms with Gasteiger partial charge in [-0.05, 0) is 26.0 Å². The van der Waals surface area contributed by atoms with E-state index >= 15 is 0 Å². The Hall–Kier alpha value is -2.63. The molecule has 1 heterocycles. The summed E-state index contributed by atoms with van der Waals surface area (Å²) in [6.07, 6.45) is 1.87. The number of hydrogen-bond acceptors (Lipinski definition) is 4. The van der Waals surface area contributed by atoms with E-state index < -0.39 is 5.97 Å². The molecule has 1 aromatic carbocycles. The molecule has 2 rings (SSSR count). The predicted molar refractivity (Wildman–Crippen MR) is 77.2 cm³/mol. The van der Waals surface area contributed by atoms with E-state index in [4.69, 9.17) is 5.11 Å². The van der Waals surface area contributed by atoms with Gasteiger partial charge in [-0.3, -0.25) is 10.1 Å². The number of anilines is 1. The number of hydrogen-bond donors (Lipinski definition) is 2. The van der Waals surface area contributed by atoms with Gasteiger partial charge in [0.25, 0.3) is 0 Å². The van der Waals surface area contributed by atoms with Crippen molar-refractivity contribution in [1.82, 2.24) is 9.78 Å². The Bertz CT molecular complexity index is 674. The summed E-state index contributed by atoms with van der Waals surface area (Å²) in [4.78, 5) is 11.1. The van der Waals surface area contributed by atoms with Crippen LogP contribution in [0.15, 0.2) is 35.6 Å². The smallest absolute Gasteiger partial charge is 0.337 e. The fraction of sp³-hybridized carbons (Fsp3) is 0.214. The zero-order valence-electron chi connectivity index (χ0n) is 11.6. The Morgan fingerprint density at radius 2 is 2.05 bits per heavy atom. The van der Waals surface area contributed by atoms with Crippen molar-refractivity contribution in [3.8, 4) is 0 Å². The van der Waals surface area contributed by atoms with Crippen LogP contribution < -0.4 is 5.43 Å². The Labute approximate surface area is 116 Å². The zero-order valence-corrected chi connectivity index (χ0v) is 11.6. The minimum Gasteiger partial charge on any atom is -0.478 e. The summed E-state index contributed by atoms with van der Waals surface area (Å²) in [7, 11) is 1.84. The number of nitrogens with zero attached hydrogens (tertiary/aromatic N) is 3. The Morgan fingerprint density at radius 1 is 1.35 bits per heavy atom. The Morgan fingerprint density at radius 3 is 2.65 bits per heavy atom. The van der Waals surface area contributed by atoms with Crippen LogP contribution in [0.25, 0.3) is 0 Å². The molecule has 6 heteroatoms. The van der Waals surface area contributed by atoms with Crippen LogP contribution in [0, 0.1) is 6.92 Å². The summed E-state index contributed by atoms with van der Waals surface area (Å²) in [5.41, 5.74) is 5.99.